The van der Waals surface area contributed by atoms with Crippen LogP contribution in [0.3, 0.4) is 0 Å². The van der Waals surface area contributed by atoms with Gasteiger partial charge in [0, 0.05) is 24.6 Å². The van der Waals surface area contributed by atoms with Gasteiger partial charge in [-0.25, -0.2) is 0 Å². The van der Waals surface area contributed by atoms with Crippen molar-refractivity contribution in [1.82, 2.24) is 4.90 Å². The monoisotopic (exact) mass is 307 g/mol. The highest BCUT2D eigenvalue weighted by atomic mass is 16.1. The quantitative estimate of drug-likeness (QED) is 0.778. The van der Waals surface area contributed by atoms with Gasteiger partial charge in [-0.1, -0.05) is 36.4 Å². The first-order valence-corrected chi connectivity index (χ1v) is 8.97. The van der Waals surface area contributed by atoms with Crippen LogP contribution in [-0.4, -0.2) is 30.3 Å². The molecular weight excluding hydrogens is 282 g/mol. The summed E-state index contributed by atoms with van der Waals surface area (Å²) in [4.78, 5) is 15.6. The molecular formula is C21H25NO. The molecule has 1 aliphatic heterocycles. The molecule has 0 bridgehead atoms. The summed E-state index contributed by atoms with van der Waals surface area (Å²) in [7, 11) is 0. The van der Waals surface area contributed by atoms with E-state index in [0.29, 0.717) is 5.78 Å². The Bertz CT molecular complexity index is 732. The van der Waals surface area contributed by atoms with Crippen LogP contribution < -0.4 is 0 Å². The smallest absolute Gasteiger partial charge is 0.167 e. The van der Waals surface area contributed by atoms with Crippen LogP contribution in [0.1, 0.15) is 41.6 Å². The number of hydrogen-bond acceptors (Lipinski definition) is 2. The average molecular weight is 307 g/mol. The standard InChI is InChI=1S/C21H25NO/c1-15-19-7-3-2-5-17(19)10-11-20(15)21(23)18-6-4-12-22(14-18)13-16-8-9-16/h2-3,5,7,10-11,16,18H,4,6,8-9,12-14H2,1H3. The van der Waals surface area contributed by atoms with Crippen LogP contribution in [0, 0.1) is 18.8 Å². The van der Waals surface area contributed by atoms with E-state index in [1.54, 1.807) is 0 Å². The van der Waals surface area contributed by atoms with Gasteiger partial charge in [-0.05, 0) is 61.4 Å². The van der Waals surface area contributed by atoms with Crippen LogP contribution in [0.2, 0.25) is 0 Å². The van der Waals surface area contributed by atoms with Crippen LogP contribution >= 0.6 is 0 Å². The highest BCUT2D eigenvalue weighted by Crippen LogP contribution is 2.32. The molecule has 23 heavy (non-hydrogen) atoms. The molecule has 1 unspecified atom stereocenters. The third-order valence-electron chi connectivity index (χ3n) is 5.55. The minimum absolute atomic E-state index is 0.183. The largest absolute Gasteiger partial charge is 0.302 e. The van der Waals surface area contributed by atoms with Crippen LogP contribution in [-0.2, 0) is 0 Å². The van der Waals surface area contributed by atoms with Gasteiger partial charge in [0.1, 0.15) is 0 Å². The summed E-state index contributed by atoms with van der Waals surface area (Å²) in [5.74, 6) is 1.45. The Labute approximate surface area is 138 Å². The molecule has 1 aliphatic carbocycles. The molecule has 0 spiro atoms. The number of carbonyl (C=O) groups is 1. The van der Waals surface area contributed by atoms with Gasteiger partial charge >= 0.3 is 0 Å². The molecule has 2 aliphatic rings. The van der Waals surface area contributed by atoms with Gasteiger partial charge < -0.3 is 4.90 Å². The third-order valence-corrected chi connectivity index (χ3v) is 5.55. The Hall–Kier alpha value is -1.67. The second-order valence-electron chi connectivity index (χ2n) is 7.37. The molecule has 2 nitrogen and oxygen atoms in total. The van der Waals surface area contributed by atoms with Crippen LogP contribution in [0.5, 0.6) is 0 Å². The number of hydrogen-bond donors (Lipinski definition) is 0. The first kappa shape index (κ1) is 14.9. The number of piperidine rings is 1. The molecule has 2 heteroatoms. The fraction of sp³-hybridized carbons (Fsp3) is 0.476. The number of rotatable bonds is 4. The molecule has 0 N–H and O–H groups in total. The maximum atomic E-state index is 13.1. The van der Waals surface area contributed by atoms with E-state index >= 15 is 0 Å². The van der Waals surface area contributed by atoms with E-state index in [-0.39, 0.29) is 5.92 Å². The van der Waals surface area contributed by atoms with Gasteiger partial charge in [-0.15, -0.1) is 0 Å². The van der Waals surface area contributed by atoms with Gasteiger partial charge in [-0.2, -0.15) is 0 Å². The van der Waals surface area contributed by atoms with E-state index in [1.165, 1.54) is 36.7 Å². The van der Waals surface area contributed by atoms with Crippen molar-refractivity contribution in [2.24, 2.45) is 11.8 Å². The Balaban J connectivity index is 1.57. The van der Waals surface area contributed by atoms with Crippen molar-refractivity contribution < 1.29 is 4.79 Å². The number of carbonyl (C=O) groups excluding carboxylic acids is 1. The second kappa shape index (κ2) is 6.09. The molecule has 0 aromatic heterocycles. The lowest BCUT2D eigenvalue weighted by Crippen LogP contribution is -2.39. The Morgan fingerprint density at radius 2 is 1.96 bits per heavy atom. The number of ketones is 1. The number of aryl methyl sites for hydroxylation is 1. The molecule has 0 radical (unpaired) electrons. The lowest BCUT2D eigenvalue weighted by Gasteiger charge is -2.32. The number of Topliss-reactive ketones (excluding diaryl/α,β-unsaturated/α-hetero) is 1. The predicted octanol–water partition coefficient (Wildman–Crippen LogP) is 4.45. The molecule has 2 aromatic rings. The van der Waals surface area contributed by atoms with E-state index in [0.717, 1.165) is 36.4 Å². The summed E-state index contributed by atoms with van der Waals surface area (Å²) in [6.45, 7) is 5.44. The zero-order valence-electron chi connectivity index (χ0n) is 13.9. The van der Waals surface area contributed by atoms with E-state index in [2.05, 4.69) is 42.2 Å². The molecule has 1 heterocycles. The fourth-order valence-electron chi connectivity index (χ4n) is 4.01. The topological polar surface area (TPSA) is 20.3 Å². The predicted molar refractivity (Wildman–Crippen MR) is 94.9 cm³/mol. The lowest BCUT2D eigenvalue weighted by atomic mass is 9.87. The van der Waals surface area contributed by atoms with Gasteiger partial charge in [0.25, 0.3) is 0 Å². The summed E-state index contributed by atoms with van der Waals surface area (Å²) in [5.41, 5.74) is 2.08. The van der Waals surface area contributed by atoms with Crippen molar-refractivity contribution in [3.05, 3.63) is 47.5 Å². The highest BCUT2D eigenvalue weighted by Gasteiger charge is 2.31. The van der Waals surface area contributed by atoms with Crippen molar-refractivity contribution in [1.29, 1.82) is 0 Å². The van der Waals surface area contributed by atoms with E-state index < -0.39 is 0 Å². The fourth-order valence-corrected chi connectivity index (χ4v) is 4.01. The van der Waals surface area contributed by atoms with Gasteiger partial charge in [0.2, 0.25) is 0 Å². The number of nitrogens with zero attached hydrogens (tertiary/aromatic N) is 1. The molecule has 1 saturated carbocycles. The molecule has 4 rings (SSSR count). The zero-order chi connectivity index (χ0) is 15.8. The van der Waals surface area contributed by atoms with Gasteiger partial charge in [0.15, 0.2) is 5.78 Å². The normalized spacial score (nSPS) is 22.4. The van der Waals surface area contributed by atoms with E-state index in [9.17, 15) is 4.79 Å². The number of benzene rings is 2. The summed E-state index contributed by atoms with van der Waals surface area (Å²) in [5, 5.41) is 2.43. The Morgan fingerprint density at radius 1 is 1.13 bits per heavy atom. The van der Waals surface area contributed by atoms with Crippen molar-refractivity contribution in [2.45, 2.75) is 32.6 Å². The van der Waals surface area contributed by atoms with Gasteiger partial charge in [0.05, 0.1) is 0 Å². The zero-order valence-corrected chi connectivity index (χ0v) is 13.9. The summed E-state index contributed by atoms with van der Waals surface area (Å²) >= 11 is 0. The van der Waals surface area contributed by atoms with Gasteiger partial charge in [-0.3, -0.25) is 4.79 Å². The highest BCUT2D eigenvalue weighted by molar-refractivity contribution is 6.03. The van der Waals surface area contributed by atoms with Crippen molar-refractivity contribution in [3.63, 3.8) is 0 Å². The lowest BCUT2D eigenvalue weighted by molar-refractivity contribution is 0.0814. The summed E-state index contributed by atoms with van der Waals surface area (Å²) < 4.78 is 0. The molecule has 1 saturated heterocycles. The average Bonchev–Trinajstić information content (AvgIpc) is 3.39. The Kier molecular flexibility index (Phi) is 3.94. The van der Waals surface area contributed by atoms with Crippen molar-refractivity contribution in [2.75, 3.05) is 19.6 Å². The third kappa shape index (κ3) is 3.05. The SMILES string of the molecule is Cc1c(C(=O)C2CCCN(CC3CC3)C2)ccc2ccccc12. The van der Waals surface area contributed by atoms with Crippen LogP contribution in [0.15, 0.2) is 36.4 Å². The minimum atomic E-state index is 0.183. The molecule has 2 aromatic carbocycles. The molecule has 0 amide bonds. The van der Waals surface area contributed by atoms with Crippen LogP contribution in [0.4, 0.5) is 0 Å². The van der Waals surface area contributed by atoms with E-state index in [4.69, 9.17) is 0 Å². The van der Waals surface area contributed by atoms with Crippen molar-refractivity contribution >= 4 is 16.6 Å². The number of fused-ring (bicyclic) bond motifs is 1. The maximum Gasteiger partial charge on any atom is 0.167 e. The van der Waals surface area contributed by atoms with Crippen molar-refractivity contribution in [3.8, 4) is 0 Å². The first-order valence-electron chi connectivity index (χ1n) is 8.97. The molecule has 2 fully saturated rings. The molecule has 1 atom stereocenters. The van der Waals surface area contributed by atoms with Crippen LogP contribution in [0.25, 0.3) is 10.8 Å². The Morgan fingerprint density at radius 3 is 2.78 bits per heavy atom. The maximum absolute atomic E-state index is 13.1. The summed E-state index contributed by atoms with van der Waals surface area (Å²) in [6, 6.07) is 12.5. The summed E-state index contributed by atoms with van der Waals surface area (Å²) in [6.07, 6.45) is 4.99. The first-order chi connectivity index (χ1) is 11.2. The van der Waals surface area contributed by atoms with E-state index in [1.807, 2.05) is 6.07 Å². The number of likely N-dealkylation sites (tertiary alicyclic amines) is 1. The second-order valence-corrected chi connectivity index (χ2v) is 7.37. The molecule has 120 valence electrons. The minimum Gasteiger partial charge on any atom is -0.302 e.